The molecule has 0 aliphatic carbocycles. The van der Waals surface area contributed by atoms with Crippen molar-refractivity contribution in [1.82, 2.24) is 4.90 Å². The molecular weight excluding hydrogens is 257 g/mol. The number of likely N-dealkylation sites (tertiary alicyclic amines) is 1. The van der Waals surface area contributed by atoms with E-state index in [4.69, 9.17) is 5.11 Å². The summed E-state index contributed by atoms with van der Waals surface area (Å²) < 4.78 is 12.8. The number of hydrogen-bond acceptors (Lipinski definition) is 2. The van der Waals surface area contributed by atoms with Crippen molar-refractivity contribution in [3.05, 3.63) is 41.7 Å². The molecule has 0 spiro atoms. The molecule has 1 heterocycles. The first-order chi connectivity index (χ1) is 9.54. The third-order valence-corrected chi connectivity index (χ3v) is 3.63. The summed E-state index contributed by atoms with van der Waals surface area (Å²) in [6.07, 6.45) is 4.70. The van der Waals surface area contributed by atoms with E-state index >= 15 is 0 Å². The molecule has 0 amide bonds. The van der Waals surface area contributed by atoms with Gasteiger partial charge >= 0.3 is 5.97 Å². The summed E-state index contributed by atoms with van der Waals surface area (Å²) in [7, 11) is 0. The number of aliphatic carboxylic acids is 1. The van der Waals surface area contributed by atoms with Crippen LogP contribution in [0.4, 0.5) is 4.39 Å². The van der Waals surface area contributed by atoms with E-state index < -0.39 is 5.97 Å². The standard InChI is InChI=1S/C16H20FNO2/c1-12-9-14(16(19)20)11-18(10-12)8-2-3-13-4-6-15(17)7-5-13/h2-7,12,14H,8-11H2,1H3,(H,19,20)/b3-2+. The minimum Gasteiger partial charge on any atom is -0.481 e. The van der Waals surface area contributed by atoms with Crippen molar-refractivity contribution in [3.63, 3.8) is 0 Å². The van der Waals surface area contributed by atoms with Crippen LogP contribution in [0.15, 0.2) is 30.3 Å². The van der Waals surface area contributed by atoms with Gasteiger partial charge in [-0.3, -0.25) is 9.69 Å². The number of nitrogens with zero attached hydrogens (tertiary/aromatic N) is 1. The van der Waals surface area contributed by atoms with Gasteiger partial charge in [-0.2, -0.15) is 0 Å². The highest BCUT2D eigenvalue weighted by Crippen LogP contribution is 2.21. The summed E-state index contributed by atoms with van der Waals surface area (Å²) in [6.45, 7) is 4.35. The molecule has 1 aromatic carbocycles. The van der Waals surface area contributed by atoms with Crippen molar-refractivity contribution >= 4 is 12.0 Å². The second-order valence-corrected chi connectivity index (χ2v) is 5.55. The first-order valence-corrected chi connectivity index (χ1v) is 6.92. The molecule has 0 saturated carbocycles. The molecular formula is C16H20FNO2. The molecule has 2 atom stereocenters. The summed E-state index contributed by atoms with van der Waals surface area (Å²) in [5.74, 6) is -0.803. The Morgan fingerprint density at radius 1 is 1.40 bits per heavy atom. The van der Waals surface area contributed by atoms with Crippen LogP contribution >= 0.6 is 0 Å². The first-order valence-electron chi connectivity index (χ1n) is 6.92. The summed E-state index contributed by atoms with van der Waals surface area (Å²) in [5.41, 5.74) is 0.950. The number of benzene rings is 1. The second kappa shape index (κ2) is 6.66. The quantitative estimate of drug-likeness (QED) is 0.920. The average molecular weight is 277 g/mol. The van der Waals surface area contributed by atoms with Gasteiger partial charge in [-0.15, -0.1) is 0 Å². The Morgan fingerprint density at radius 3 is 2.75 bits per heavy atom. The lowest BCUT2D eigenvalue weighted by Gasteiger charge is -2.33. The lowest BCUT2D eigenvalue weighted by Crippen LogP contribution is -2.42. The number of piperidine rings is 1. The zero-order valence-electron chi connectivity index (χ0n) is 11.6. The lowest BCUT2D eigenvalue weighted by atomic mass is 9.90. The van der Waals surface area contributed by atoms with Gasteiger partial charge in [0.1, 0.15) is 5.82 Å². The second-order valence-electron chi connectivity index (χ2n) is 5.55. The topological polar surface area (TPSA) is 40.5 Å². The van der Waals surface area contributed by atoms with Gasteiger partial charge < -0.3 is 5.11 Å². The van der Waals surface area contributed by atoms with E-state index in [0.717, 1.165) is 25.1 Å². The fourth-order valence-corrected chi connectivity index (χ4v) is 2.70. The van der Waals surface area contributed by atoms with Gasteiger partial charge in [0.25, 0.3) is 0 Å². The fourth-order valence-electron chi connectivity index (χ4n) is 2.70. The molecule has 108 valence electrons. The zero-order chi connectivity index (χ0) is 14.5. The van der Waals surface area contributed by atoms with Gasteiger partial charge in [-0.25, -0.2) is 4.39 Å². The molecule has 3 nitrogen and oxygen atoms in total. The van der Waals surface area contributed by atoms with Crippen LogP contribution in [0.25, 0.3) is 6.08 Å². The van der Waals surface area contributed by atoms with Gasteiger partial charge in [0, 0.05) is 19.6 Å². The van der Waals surface area contributed by atoms with Crippen LogP contribution < -0.4 is 0 Å². The molecule has 1 fully saturated rings. The van der Waals surface area contributed by atoms with Gasteiger partial charge in [0.05, 0.1) is 5.92 Å². The van der Waals surface area contributed by atoms with Gasteiger partial charge in [0.2, 0.25) is 0 Å². The highest BCUT2D eigenvalue weighted by atomic mass is 19.1. The van der Waals surface area contributed by atoms with Crippen LogP contribution in [-0.4, -0.2) is 35.6 Å². The molecule has 4 heteroatoms. The van der Waals surface area contributed by atoms with Crippen LogP contribution in [-0.2, 0) is 4.79 Å². The first kappa shape index (κ1) is 14.7. The minimum absolute atomic E-state index is 0.240. The van der Waals surface area contributed by atoms with Crippen molar-refractivity contribution < 1.29 is 14.3 Å². The van der Waals surface area contributed by atoms with E-state index in [1.54, 1.807) is 12.1 Å². The Bertz CT molecular complexity index is 484. The smallest absolute Gasteiger partial charge is 0.307 e. The van der Waals surface area contributed by atoms with E-state index in [1.165, 1.54) is 12.1 Å². The Labute approximate surface area is 118 Å². The van der Waals surface area contributed by atoms with E-state index in [9.17, 15) is 9.18 Å². The number of carboxylic acid groups (broad SMARTS) is 1. The van der Waals surface area contributed by atoms with Crippen LogP contribution in [0.5, 0.6) is 0 Å². The van der Waals surface area contributed by atoms with Crippen molar-refractivity contribution in [2.24, 2.45) is 11.8 Å². The number of carbonyl (C=O) groups is 1. The number of hydrogen-bond donors (Lipinski definition) is 1. The van der Waals surface area contributed by atoms with Crippen LogP contribution in [0.1, 0.15) is 18.9 Å². The Morgan fingerprint density at radius 2 is 2.10 bits per heavy atom. The molecule has 1 aromatic rings. The number of halogens is 1. The predicted octanol–water partition coefficient (Wildman–Crippen LogP) is 2.88. The van der Waals surface area contributed by atoms with Crippen molar-refractivity contribution in [3.8, 4) is 0 Å². The monoisotopic (exact) mass is 277 g/mol. The molecule has 20 heavy (non-hydrogen) atoms. The lowest BCUT2D eigenvalue weighted by molar-refractivity contribution is -0.144. The minimum atomic E-state index is -0.705. The van der Waals surface area contributed by atoms with E-state index in [-0.39, 0.29) is 11.7 Å². The van der Waals surface area contributed by atoms with E-state index in [2.05, 4.69) is 11.8 Å². The molecule has 1 N–H and O–H groups in total. The summed E-state index contributed by atoms with van der Waals surface area (Å²) in [5, 5.41) is 9.12. The molecule has 2 unspecified atom stereocenters. The highest BCUT2D eigenvalue weighted by Gasteiger charge is 2.28. The maximum absolute atomic E-state index is 12.8. The maximum atomic E-state index is 12.8. The molecule has 0 aromatic heterocycles. The molecule has 0 radical (unpaired) electrons. The molecule has 1 saturated heterocycles. The average Bonchev–Trinajstić information content (AvgIpc) is 2.40. The Balaban J connectivity index is 1.89. The SMILES string of the molecule is CC1CC(C(=O)O)CN(C/C=C/c2ccc(F)cc2)C1. The summed E-state index contributed by atoms with van der Waals surface area (Å²) >= 11 is 0. The number of rotatable bonds is 4. The normalized spacial score (nSPS) is 24.1. The van der Waals surface area contributed by atoms with E-state index in [0.29, 0.717) is 12.5 Å². The van der Waals surface area contributed by atoms with Crippen molar-refractivity contribution in [2.75, 3.05) is 19.6 Å². The van der Waals surface area contributed by atoms with Crippen LogP contribution in [0.2, 0.25) is 0 Å². The fraction of sp³-hybridized carbons (Fsp3) is 0.438. The van der Waals surface area contributed by atoms with Gasteiger partial charge in [-0.1, -0.05) is 31.2 Å². The molecule has 0 bridgehead atoms. The van der Waals surface area contributed by atoms with Crippen LogP contribution in [0, 0.1) is 17.7 Å². The largest absolute Gasteiger partial charge is 0.481 e. The highest BCUT2D eigenvalue weighted by molar-refractivity contribution is 5.70. The maximum Gasteiger partial charge on any atom is 0.307 e. The molecule has 2 rings (SSSR count). The zero-order valence-corrected chi connectivity index (χ0v) is 11.6. The van der Waals surface area contributed by atoms with Gasteiger partial charge in [-0.05, 0) is 30.0 Å². The Kier molecular flexibility index (Phi) is 4.90. The van der Waals surface area contributed by atoms with Crippen molar-refractivity contribution in [2.45, 2.75) is 13.3 Å². The number of carboxylic acids is 1. The van der Waals surface area contributed by atoms with E-state index in [1.807, 2.05) is 12.2 Å². The summed E-state index contributed by atoms with van der Waals surface area (Å²) in [6, 6.07) is 6.32. The summed E-state index contributed by atoms with van der Waals surface area (Å²) in [4.78, 5) is 13.3. The molecule has 1 aliphatic rings. The Hall–Kier alpha value is -1.68. The third kappa shape index (κ3) is 4.17. The van der Waals surface area contributed by atoms with Crippen LogP contribution in [0.3, 0.4) is 0 Å². The third-order valence-electron chi connectivity index (χ3n) is 3.63. The van der Waals surface area contributed by atoms with Crippen molar-refractivity contribution in [1.29, 1.82) is 0 Å². The van der Waals surface area contributed by atoms with Gasteiger partial charge in [0.15, 0.2) is 0 Å². The molecule has 1 aliphatic heterocycles. The predicted molar refractivity (Wildman–Crippen MR) is 76.8 cm³/mol.